The summed E-state index contributed by atoms with van der Waals surface area (Å²) in [4.78, 5) is 15.1. The fraction of sp³-hybridized carbons (Fsp3) is 0.462. The summed E-state index contributed by atoms with van der Waals surface area (Å²) in [6, 6.07) is 3.96. The molecule has 0 amide bonds. The molecule has 0 aliphatic heterocycles. The highest BCUT2D eigenvalue weighted by molar-refractivity contribution is 6.21. The van der Waals surface area contributed by atoms with Crippen molar-refractivity contribution in [2.75, 3.05) is 18.5 Å². The molecule has 0 atom stereocenters. The van der Waals surface area contributed by atoms with E-state index in [0.717, 1.165) is 30.7 Å². The van der Waals surface area contributed by atoms with E-state index in [1.165, 1.54) is 0 Å². The SMILES string of the molecule is CN(CC1CC(Cl)C1)c1ccc2nccnc2n1. The van der Waals surface area contributed by atoms with Crippen LogP contribution in [0, 0.1) is 5.92 Å². The summed E-state index contributed by atoms with van der Waals surface area (Å²) in [5, 5.41) is 0.374. The minimum Gasteiger partial charge on any atom is -0.359 e. The zero-order chi connectivity index (χ0) is 12.5. The second-order valence-corrected chi connectivity index (χ2v) is 5.50. The van der Waals surface area contributed by atoms with Crippen molar-refractivity contribution < 1.29 is 0 Å². The number of hydrogen-bond acceptors (Lipinski definition) is 4. The predicted molar refractivity (Wildman–Crippen MR) is 73.0 cm³/mol. The molecule has 2 aromatic heterocycles. The summed E-state index contributed by atoms with van der Waals surface area (Å²) in [7, 11) is 2.06. The Morgan fingerprint density at radius 3 is 2.83 bits per heavy atom. The van der Waals surface area contributed by atoms with E-state index in [2.05, 4.69) is 26.9 Å². The van der Waals surface area contributed by atoms with Crippen molar-refractivity contribution in [3.05, 3.63) is 24.5 Å². The molecule has 5 heteroatoms. The molecule has 1 fully saturated rings. The highest BCUT2D eigenvalue weighted by Crippen LogP contribution is 2.32. The Morgan fingerprint density at radius 2 is 2.06 bits per heavy atom. The zero-order valence-electron chi connectivity index (χ0n) is 10.3. The molecule has 0 aromatic carbocycles. The minimum atomic E-state index is 0.374. The minimum absolute atomic E-state index is 0.374. The topological polar surface area (TPSA) is 41.9 Å². The lowest BCUT2D eigenvalue weighted by Gasteiger charge is -2.34. The Labute approximate surface area is 111 Å². The van der Waals surface area contributed by atoms with E-state index in [0.29, 0.717) is 16.9 Å². The van der Waals surface area contributed by atoms with E-state index in [1.807, 2.05) is 12.1 Å². The number of hydrogen-bond donors (Lipinski definition) is 0. The van der Waals surface area contributed by atoms with Gasteiger partial charge in [-0.15, -0.1) is 11.6 Å². The van der Waals surface area contributed by atoms with Gasteiger partial charge in [0.25, 0.3) is 0 Å². The fourth-order valence-electron chi connectivity index (χ4n) is 2.34. The number of pyridine rings is 1. The molecule has 3 rings (SSSR count). The smallest absolute Gasteiger partial charge is 0.180 e. The van der Waals surface area contributed by atoms with E-state index >= 15 is 0 Å². The molecule has 1 aliphatic carbocycles. The van der Waals surface area contributed by atoms with E-state index in [1.54, 1.807) is 12.4 Å². The highest BCUT2D eigenvalue weighted by Gasteiger charge is 2.28. The molecule has 1 saturated carbocycles. The van der Waals surface area contributed by atoms with Crippen LogP contribution in [-0.2, 0) is 0 Å². The Morgan fingerprint density at radius 1 is 1.28 bits per heavy atom. The standard InChI is InChI=1S/C13H15ClN4/c1-18(8-9-6-10(14)7-9)12-3-2-11-13(17-12)16-5-4-15-11/h2-5,9-10H,6-8H2,1H3. The van der Waals surface area contributed by atoms with Crippen LogP contribution in [0.3, 0.4) is 0 Å². The largest absolute Gasteiger partial charge is 0.359 e. The first-order chi connectivity index (χ1) is 8.72. The molecule has 0 bridgehead atoms. The van der Waals surface area contributed by atoms with Crippen molar-refractivity contribution >= 4 is 28.6 Å². The van der Waals surface area contributed by atoms with Gasteiger partial charge in [0.1, 0.15) is 11.3 Å². The van der Waals surface area contributed by atoms with Gasteiger partial charge in [-0.1, -0.05) is 0 Å². The van der Waals surface area contributed by atoms with E-state index in [-0.39, 0.29) is 0 Å². The van der Waals surface area contributed by atoms with Gasteiger partial charge in [0.2, 0.25) is 0 Å². The molecule has 2 aromatic rings. The molecule has 18 heavy (non-hydrogen) atoms. The summed E-state index contributed by atoms with van der Waals surface area (Å²) in [6.07, 6.45) is 5.57. The van der Waals surface area contributed by atoms with Crippen molar-refractivity contribution in [2.45, 2.75) is 18.2 Å². The van der Waals surface area contributed by atoms with Crippen LogP contribution in [0.4, 0.5) is 5.82 Å². The summed E-state index contributed by atoms with van der Waals surface area (Å²) in [5.41, 5.74) is 1.53. The van der Waals surface area contributed by atoms with Gasteiger partial charge in [-0.05, 0) is 30.9 Å². The maximum absolute atomic E-state index is 6.00. The first-order valence-electron chi connectivity index (χ1n) is 6.15. The van der Waals surface area contributed by atoms with Crippen LogP contribution in [-0.4, -0.2) is 33.9 Å². The number of fused-ring (bicyclic) bond motifs is 1. The molecule has 1 aliphatic rings. The van der Waals surface area contributed by atoms with Crippen LogP contribution < -0.4 is 4.90 Å². The first kappa shape index (κ1) is 11.7. The summed E-state index contributed by atoms with van der Waals surface area (Å²) >= 11 is 6.00. The number of halogens is 1. The van der Waals surface area contributed by atoms with E-state index in [9.17, 15) is 0 Å². The Bertz CT molecular complexity index is 553. The van der Waals surface area contributed by atoms with Crippen molar-refractivity contribution in [1.29, 1.82) is 0 Å². The third-order valence-corrected chi connectivity index (χ3v) is 3.77. The Hall–Kier alpha value is -1.42. The zero-order valence-corrected chi connectivity index (χ0v) is 11.0. The van der Waals surface area contributed by atoms with Gasteiger partial charge in [0.15, 0.2) is 5.65 Å². The van der Waals surface area contributed by atoms with Crippen molar-refractivity contribution in [1.82, 2.24) is 15.0 Å². The maximum atomic E-state index is 6.00. The van der Waals surface area contributed by atoms with Crippen LogP contribution in [0.25, 0.3) is 11.2 Å². The molecule has 0 unspecified atom stereocenters. The van der Waals surface area contributed by atoms with Crippen LogP contribution in [0.15, 0.2) is 24.5 Å². The fourth-order valence-corrected chi connectivity index (χ4v) is 2.85. The highest BCUT2D eigenvalue weighted by atomic mass is 35.5. The van der Waals surface area contributed by atoms with Crippen molar-refractivity contribution in [3.8, 4) is 0 Å². The molecule has 0 radical (unpaired) electrons. The number of aromatic nitrogens is 3. The molecule has 0 spiro atoms. The number of nitrogens with zero attached hydrogens (tertiary/aromatic N) is 4. The number of alkyl halides is 1. The first-order valence-corrected chi connectivity index (χ1v) is 6.59. The van der Waals surface area contributed by atoms with Gasteiger partial charge >= 0.3 is 0 Å². The molecule has 2 heterocycles. The second-order valence-electron chi connectivity index (χ2n) is 4.88. The number of anilines is 1. The lowest BCUT2D eigenvalue weighted by Crippen LogP contribution is -2.35. The van der Waals surface area contributed by atoms with Crippen LogP contribution >= 0.6 is 11.6 Å². The lowest BCUT2D eigenvalue weighted by atomic mass is 9.84. The predicted octanol–water partition coefficient (Wildman–Crippen LogP) is 2.48. The molecule has 4 nitrogen and oxygen atoms in total. The number of rotatable bonds is 3. The Balaban J connectivity index is 1.76. The average molecular weight is 263 g/mol. The third kappa shape index (κ3) is 2.25. The van der Waals surface area contributed by atoms with Gasteiger partial charge in [-0.3, -0.25) is 4.98 Å². The summed E-state index contributed by atoms with van der Waals surface area (Å²) in [5.74, 6) is 1.64. The van der Waals surface area contributed by atoms with Gasteiger partial charge in [0.05, 0.1) is 0 Å². The lowest BCUT2D eigenvalue weighted by molar-refractivity contribution is 0.328. The molecule has 0 N–H and O–H groups in total. The molecule has 0 saturated heterocycles. The van der Waals surface area contributed by atoms with Gasteiger partial charge in [-0.2, -0.15) is 0 Å². The molecular formula is C13H15ClN4. The quantitative estimate of drug-likeness (QED) is 0.797. The van der Waals surface area contributed by atoms with E-state index < -0.39 is 0 Å². The van der Waals surface area contributed by atoms with Crippen LogP contribution in [0.5, 0.6) is 0 Å². The summed E-state index contributed by atoms with van der Waals surface area (Å²) < 4.78 is 0. The second kappa shape index (κ2) is 4.69. The third-order valence-electron chi connectivity index (χ3n) is 3.42. The van der Waals surface area contributed by atoms with E-state index in [4.69, 9.17) is 11.6 Å². The van der Waals surface area contributed by atoms with Crippen molar-refractivity contribution in [2.24, 2.45) is 5.92 Å². The maximum Gasteiger partial charge on any atom is 0.180 e. The normalized spacial score (nSPS) is 22.8. The van der Waals surface area contributed by atoms with Gasteiger partial charge < -0.3 is 4.90 Å². The van der Waals surface area contributed by atoms with Gasteiger partial charge in [0, 0.05) is 31.4 Å². The average Bonchev–Trinajstić information content (AvgIpc) is 2.36. The molecule has 94 valence electrons. The molecular weight excluding hydrogens is 248 g/mol. The van der Waals surface area contributed by atoms with Crippen LogP contribution in [0.2, 0.25) is 0 Å². The monoisotopic (exact) mass is 262 g/mol. The van der Waals surface area contributed by atoms with Crippen molar-refractivity contribution in [3.63, 3.8) is 0 Å². The van der Waals surface area contributed by atoms with Gasteiger partial charge in [-0.25, -0.2) is 9.97 Å². The Kier molecular flexibility index (Phi) is 3.04. The van der Waals surface area contributed by atoms with Crippen LogP contribution in [0.1, 0.15) is 12.8 Å². The summed E-state index contributed by atoms with van der Waals surface area (Å²) in [6.45, 7) is 1.00.